The Morgan fingerprint density at radius 3 is 2.45 bits per heavy atom. The molecule has 14 nitrogen and oxygen atoms in total. The molecule has 2 aliphatic rings. The van der Waals surface area contributed by atoms with Crippen molar-refractivity contribution < 1.29 is 48.0 Å². The fourth-order valence-electron chi connectivity index (χ4n) is 7.18. The van der Waals surface area contributed by atoms with Crippen LogP contribution in [0, 0.1) is 5.92 Å². The molecule has 14 heteroatoms. The molecule has 2 fully saturated rings. The van der Waals surface area contributed by atoms with Crippen LogP contribution in [-0.4, -0.2) is 109 Å². The smallest absolute Gasteiger partial charge is 0.411 e. The fraction of sp³-hybridized carbons (Fsp3) is 0.595. The maximum atomic E-state index is 13.9. The number of aliphatic carboxylic acids is 1. The average molecular weight is 781 g/mol. The number of nitrogens with one attached hydrogen (secondary N) is 2. The van der Waals surface area contributed by atoms with E-state index in [1.807, 2.05) is 31.2 Å². The molecule has 56 heavy (non-hydrogen) atoms. The Kier molecular flexibility index (Phi) is 16.8. The van der Waals surface area contributed by atoms with Gasteiger partial charge in [0.15, 0.2) is 0 Å². The summed E-state index contributed by atoms with van der Waals surface area (Å²) in [4.78, 5) is 68.4. The summed E-state index contributed by atoms with van der Waals surface area (Å²) in [6, 6.07) is 12.0. The molecule has 1 saturated heterocycles. The summed E-state index contributed by atoms with van der Waals surface area (Å²) >= 11 is 0. The van der Waals surface area contributed by atoms with Crippen molar-refractivity contribution in [3.63, 3.8) is 0 Å². The molecular formula is C42H60N4O10. The van der Waals surface area contributed by atoms with E-state index in [2.05, 4.69) is 10.6 Å². The number of nitrogens with zero attached hydrogens (tertiary/aromatic N) is 2. The maximum absolute atomic E-state index is 13.9. The number of rotatable bonds is 18. The molecule has 1 heterocycles. The summed E-state index contributed by atoms with van der Waals surface area (Å²) in [5.74, 6) is -0.676. The summed E-state index contributed by atoms with van der Waals surface area (Å²) in [7, 11) is 1.57. The van der Waals surface area contributed by atoms with Crippen molar-refractivity contribution in [3.8, 4) is 11.5 Å². The highest BCUT2D eigenvalue weighted by Gasteiger charge is 2.33. The van der Waals surface area contributed by atoms with Crippen molar-refractivity contribution in [3.05, 3.63) is 59.2 Å². The van der Waals surface area contributed by atoms with Crippen LogP contribution in [0.25, 0.3) is 0 Å². The predicted octanol–water partition coefficient (Wildman–Crippen LogP) is 5.52. The van der Waals surface area contributed by atoms with Gasteiger partial charge in [0.05, 0.1) is 39.9 Å². The average Bonchev–Trinajstić information content (AvgIpc) is 3.18. The molecule has 0 aromatic heterocycles. The van der Waals surface area contributed by atoms with Crippen molar-refractivity contribution in [2.75, 3.05) is 53.1 Å². The van der Waals surface area contributed by atoms with E-state index in [-0.39, 0.29) is 68.8 Å². The lowest BCUT2D eigenvalue weighted by molar-refractivity contribution is -0.138. The Hall–Kier alpha value is -4.85. The van der Waals surface area contributed by atoms with Gasteiger partial charge in [-0.05, 0) is 89.1 Å². The van der Waals surface area contributed by atoms with Crippen LogP contribution < -0.4 is 20.1 Å². The number of carboxylic acid groups (broad SMARTS) is 1. The molecule has 1 aliphatic heterocycles. The zero-order valence-corrected chi connectivity index (χ0v) is 33.6. The first-order chi connectivity index (χ1) is 26.8. The van der Waals surface area contributed by atoms with Gasteiger partial charge in [0.1, 0.15) is 29.7 Å². The Morgan fingerprint density at radius 1 is 0.982 bits per heavy atom. The standard InChI is InChI=1S/C42H60N4O10/c1-6-55-35-25-34(53-5)18-17-33(35)27-46(41(52)56-42(2,3)4)28-36(47)45-21-11-16-32(26-45)30-14-10-15-31(24-30)39(50)44-38(29-12-8-7-9-13-29)40(51)43-20-23-54-22-19-37(48)49/h10,14-15,17-18,24-25,29,32,38H,6-9,11-13,16,19-23,26-28H2,1-5H3,(H,43,51)(H,44,50)(H,48,49)/t32?,38-/m1/s1. The number of carbonyl (C=O) groups is 5. The molecule has 4 rings (SSSR count). The summed E-state index contributed by atoms with van der Waals surface area (Å²) in [5, 5.41) is 14.7. The van der Waals surface area contributed by atoms with Crippen LogP contribution in [0.5, 0.6) is 11.5 Å². The summed E-state index contributed by atoms with van der Waals surface area (Å²) < 4.78 is 22.2. The second-order valence-electron chi connectivity index (χ2n) is 15.4. The van der Waals surface area contributed by atoms with E-state index < -0.39 is 23.7 Å². The molecule has 1 saturated carbocycles. The highest BCUT2D eigenvalue weighted by atomic mass is 16.6. The Bertz CT molecular complexity index is 1640. The summed E-state index contributed by atoms with van der Waals surface area (Å²) in [5.41, 5.74) is 1.28. The number of amides is 4. The van der Waals surface area contributed by atoms with Gasteiger partial charge in [0.25, 0.3) is 5.91 Å². The fourth-order valence-corrected chi connectivity index (χ4v) is 7.18. The molecule has 4 amide bonds. The summed E-state index contributed by atoms with van der Waals surface area (Å²) in [6.45, 7) is 8.91. The Morgan fingerprint density at radius 2 is 1.75 bits per heavy atom. The molecule has 308 valence electrons. The third kappa shape index (κ3) is 13.7. The van der Waals surface area contributed by atoms with Gasteiger partial charge in [-0.15, -0.1) is 0 Å². The van der Waals surface area contributed by atoms with Gasteiger partial charge >= 0.3 is 12.1 Å². The first-order valence-electron chi connectivity index (χ1n) is 19.8. The van der Waals surface area contributed by atoms with Crippen LogP contribution in [0.15, 0.2) is 42.5 Å². The topological polar surface area (TPSA) is 173 Å². The first kappa shape index (κ1) is 43.9. The van der Waals surface area contributed by atoms with Crippen molar-refractivity contribution in [1.29, 1.82) is 0 Å². The predicted molar refractivity (Wildman–Crippen MR) is 210 cm³/mol. The van der Waals surface area contributed by atoms with E-state index >= 15 is 0 Å². The minimum atomic E-state index is -0.951. The largest absolute Gasteiger partial charge is 0.497 e. The van der Waals surface area contributed by atoms with Crippen molar-refractivity contribution in [2.24, 2.45) is 5.92 Å². The van der Waals surface area contributed by atoms with E-state index in [1.165, 1.54) is 4.90 Å². The molecule has 1 unspecified atom stereocenters. The lowest BCUT2D eigenvalue weighted by atomic mass is 9.83. The number of benzene rings is 2. The molecule has 2 aromatic rings. The van der Waals surface area contributed by atoms with Crippen LogP contribution in [0.3, 0.4) is 0 Å². The number of hydrogen-bond acceptors (Lipinski definition) is 9. The Labute approximate surface area is 330 Å². The van der Waals surface area contributed by atoms with Crippen LogP contribution in [-0.2, 0) is 30.4 Å². The number of ether oxygens (including phenoxy) is 4. The monoisotopic (exact) mass is 780 g/mol. The number of likely N-dealkylation sites (tertiary alicyclic amines) is 1. The molecule has 0 radical (unpaired) electrons. The number of piperidine rings is 1. The highest BCUT2D eigenvalue weighted by molar-refractivity contribution is 5.97. The van der Waals surface area contributed by atoms with Gasteiger partial charge in [-0.1, -0.05) is 31.4 Å². The zero-order valence-electron chi connectivity index (χ0n) is 33.6. The van der Waals surface area contributed by atoms with E-state index in [0.29, 0.717) is 42.3 Å². The van der Waals surface area contributed by atoms with E-state index in [4.69, 9.17) is 24.1 Å². The molecule has 1 aliphatic carbocycles. The van der Waals surface area contributed by atoms with Crippen LogP contribution in [0.4, 0.5) is 4.79 Å². The quantitative estimate of drug-likeness (QED) is 0.164. The van der Waals surface area contributed by atoms with Crippen molar-refractivity contribution in [1.82, 2.24) is 20.4 Å². The molecule has 0 spiro atoms. The lowest BCUT2D eigenvalue weighted by Gasteiger charge is -2.35. The van der Waals surface area contributed by atoms with Gasteiger partial charge in [-0.2, -0.15) is 0 Å². The van der Waals surface area contributed by atoms with Gasteiger partial charge in [0.2, 0.25) is 11.8 Å². The van der Waals surface area contributed by atoms with E-state index in [9.17, 15) is 24.0 Å². The Balaban J connectivity index is 1.43. The minimum Gasteiger partial charge on any atom is -0.497 e. The van der Waals surface area contributed by atoms with Crippen molar-refractivity contribution >= 4 is 29.8 Å². The molecule has 3 N–H and O–H groups in total. The number of carboxylic acids is 1. The third-order valence-corrected chi connectivity index (χ3v) is 10.0. The minimum absolute atomic E-state index is 0.00236. The van der Waals surface area contributed by atoms with Crippen LogP contribution >= 0.6 is 0 Å². The normalized spacial score (nSPS) is 16.7. The summed E-state index contributed by atoms with van der Waals surface area (Å²) in [6.07, 6.45) is 5.57. The van der Waals surface area contributed by atoms with E-state index in [0.717, 1.165) is 50.5 Å². The molecular weight excluding hydrogens is 720 g/mol. The second kappa shape index (κ2) is 21.5. The lowest BCUT2D eigenvalue weighted by Crippen LogP contribution is -2.52. The van der Waals surface area contributed by atoms with Gasteiger partial charge in [-0.3, -0.25) is 24.1 Å². The number of methoxy groups -OCH3 is 1. The van der Waals surface area contributed by atoms with Crippen LogP contribution in [0.1, 0.15) is 106 Å². The third-order valence-electron chi connectivity index (χ3n) is 10.0. The van der Waals surface area contributed by atoms with Gasteiger partial charge < -0.3 is 39.6 Å². The van der Waals surface area contributed by atoms with Crippen molar-refractivity contribution in [2.45, 2.75) is 103 Å². The van der Waals surface area contributed by atoms with Crippen LogP contribution in [0.2, 0.25) is 0 Å². The van der Waals surface area contributed by atoms with Gasteiger partial charge in [0, 0.05) is 42.7 Å². The zero-order chi connectivity index (χ0) is 40.7. The SMILES string of the molecule is CCOc1cc(OC)ccc1CN(CC(=O)N1CCCC(c2cccc(C(=O)N[C@@H](C(=O)NCCOCCC(=O)O)C3CCCCC3)c2)C1)C(=O)OC(C)(C)C. The number of hydrogen-bond donors (Lipinski definition) is 3. The number of carbonyl (C=O) groups excluding carboxylic acids is 4. The molecule has 0 bridgehead atoms. The van der Waals surface area contributed by atoms with Gasteiger partial charge in [-0.25, -0.2) is 4.79 Å². The second-order valence-corrected chi connectivity index (χ2v) is 15.4. The van der Waals surface area contributed by atoms with E-state index in [1.54, 1.807) is 51.0 Å². The highest BCUT2D eigenvalue weighted by Crippen LogP contribution is 2.30. The molecule has 2 aromatic carbocycles. The molecule has 2 atom stereocenters. The maximum Gasteiger partial charge on any atom is 0.411 e. The first-order valence-corrected chi connectivity index (χ1v) is 19.8.